The topological polar surface area (TPSA) is 43.6 Å². The van der Waals surface area contributed by atoms with Crippen molar-refractivity contribution in [2.24, 2.45) is 0 Å². The van der Waals surface area contributed by atoms with Crippen LogP contribution in [0.15, 0.2) is 194 Å². The summed E-state index contributed by atoms with van der Waals surface area (Å²) in [5.41, 5.74) is 10.7. The van der Waals surface area contributed by atoms with E-state index in [0.717, 1.165) is 50.1 Å². The SMILES string of the molecule is c1ccc(-c2nc(-c3ccc(-c4ccc5ccccc5c4)cc3)nc(-c3ccc(-c4ccccc4)c(-n4c5ccccc5c5ccccc54)c3)n2)cc1. The van der Waals surface area contributed by atoms with Gasteiger partial charge in [-0.3, -0.25) is 0 Å². The zero-order chi connectivity index (χ0) is 35.1. The van der Waals surface area contributed by atoms with Crippen LogP contribution in [0.3, 0.4) is 0 Å². The number of fused-ring (bicyclic) bond motifs is 4. The lowest BCUT2D eigenvalue weighted by atomic mass is 10.00. The van der Waals surface area contributed by atoms with Gasteiger partial charge in [-0.25, -0.2) is 15.0 Å². The highest BCUT2D eigenvalue weighted by molar-refractivity contribution is 6.09. The molecule has 0 atom stereocenters. The van der Waals surface area contributed by atoms with Gasteiger partial charge >= 0.3 is 0 Å². The van der Waals surface area contributed by atoms with Crippen LogP contribution in [-0.4, -0.2) is 19.5 Å². The maximum atomic E-state index is 5.16. The summed E-state index contributed by atoms with van der Waals surface area (Å²) in [6, 6.07) is 68.1. The Hall–Kier alpha value is -7.17. The van der Waals surface area contributed by atoms with E-state index in [1.54, 1.807) is 0 Å². The summed E-state index contributed by atoms with van der Waals surface area (Å²) in [5, 5.41) is 4.89. The predicted molar refractivity (Wildman–Crippen MR) is 219 cm³/mol. The lowest BCUT2D eigenvalue weighted by Gasteiger charge is -2.16. The van der Waals surface area contributed by atoms with Crippen LogP contribution in [0.2, 0.25) is 0 Å². The Bertz CT molecular complexity index is 2880. The van der Waals surface area contributed by atoms with Crippen molar-refractivity contribution in [1.29, 1.82) is 0 Å². The fourth-order valence-electron chi connectivity index (χ4n) is 7.43. The highest BCUT2D eigenvalue weighted by atomic mass is 15.0. The van der Waals surface area contributed by atoms with Crippen LogP contribution in [0.25, 0.3) is 94.7 Å². The van der Waals surface area contributed by atoms with E-state index in [2.05, 4.69) is 168 Å². The molecule has 248 valence electrons. The molecule has 0 aliphatic carbocycles. The molecule has 0 aliphatic heterocycles. The van der Waals surface area contributed by atoms with Gasteiger partial charge in [-0.2, -0.15) is 0 Å². The standard InChI is InChI=1S/C49H32N4/c1-3-14-35(15-4-1)41-30-29-40(32-46(41)53-44-21-11-9-19-42(44)43-20-10-12-22-45(43)53)49-51-47(36-16-5-2-6-17-36)50-48(52-49)37-26-23-34(24-27-37)39-28-25-33-13-7-8-18-38(33)31-39/h1-32H. The van der Waals surface area contributed by atoms with Crippen molar-refractivity contribution >= 4 is 32.6 Å². The summed E-state index contributed by atoms with van der Waals surface area (Å²) in [6.45, 7) is 0. The summed E-state index contributed by atoms with van der Waals surface area (Å²) in [4.78, 5) is 15.3. The summed E-state index contributed by atoms with van der Waals surface area (Å²) < 4.78 is 2.38. The smallest absolute Gasteiger partial charge is 0.164 e. The molecule has 53 heavy (non-hydrogen) atoms. The van der Waals surface area contributed by atoms with E-state index in [-0.39, 0.29) is 0 Å². The van der Waals surface area contributed by atoms with E-state index in [9.17, 15) is 0 Å². The molecule has 0 aliphatic rings. The van der Waals surface area contributed by atoms with Gasteiger partial charge in [0, 0.05) is 33.0 Å². The Morgan fingerprint density at radius 2 is 0.774 bits per heavy atom. The molecule has 10 aromatic rings. The molecule has 0 amide bonds. The fourth-order valence-corrected chi connectivity index (χ4v) is 7.43. The molecule has 0 N–H and O–H groups in total. The molecule has 0 saturated heterocycles. The van der Waals surface area contributed by atoms with Crippen molar-refractivity contribution in [3.63, 3.8) is 0 Å². The molecule has 0 fully saturated rings. The highest BCUT2D eigenvalue weighted by Gasteiger charge is 2.19. The van der Waals surface area contributed by atoms with Crippen LogP contribution < -0.4 is 0 Å². The Morgan fingerprint density at radius 3 is 1.43 bits per heavy atom. The first-order chi connectivity index (χ1) is 26.3. The largest absolute Gasteiger partial charge is 0.309 e. The first-order valence-electron chi connectivity index (χ1n) is 17.9. The van der Waals surface area contributed by atoms with E-state index in [1.165, 1.54) is 27.1 Å². The third-order valence-electron chi connectivity index (χ3n) is 10.1. The molecule has 8 aromatic carbocycles. The average Bonchev–Trinajstić information content (AvgIpc) is 3.58. The molecule has 0 saturated carbocycles. The molecule has 4 heteroatoms. The Balaban J connectivity index is 1.15. The van der Waals surface area contributed by atoms with Gasteiger partial charge in [-0.1, -0.05) is 170 Å². The number of benzene rings is 8. The van der Waals surface area contributed by atoms with Gasteiger partial charge in [0.05, 0.1) is 16.7 Å². The molecular weight excluding hydrogens is 645 g/mol. The maximum Gasteiger partial charge on any atom is 0.164 e. The van der Waals surface area contributed by atoms with Gasteiger partial charge in [0.15, 0.2) is 17.5 Å². The van der Waals surface area contributed by atoms with Gasteiger partial charge in [0.2, 0.25) is 0 Å². The molecule has 2 aromatic heterocycles. The number of para-hydroxylation sites is 2. The van der Waals surface area contributed by atoms with Crippen LogP contribution in [0.1, 0.15) is 0 Å². The quantitative estimate of drug-likeness (QED) is 0.176. The fraction of sp³-hybridized carbons (Fsp3) is 0. The van der Waals surface area contributed by atoms with Crippen molar-refractivity contribution in [2.75, 3.05) is 0 Å². The first kappa shape index (κ1) is 30.6. The lowest BCUT2D eigenvalue weighted by Crippen LogP contribution is -2.02. The van der Waals surface area contributed by atoms with Crippen molar-refractivity contribution in [1.82, 2.24) is 19.5 Å². The van der Waals surface area contributed by atoms with Gasteiger partial charge in [-0.05, 0) is 51.7 Å². The van der Waals surface area contributed by atoms with Crippen molar-refractivity contribution in [2.45, 2.75) is 0 Å². The molecule has 4 nitrogen and oxygen atoms in total. The monoisotopic (exact) mass is 676 g/mol. The zero-order valence-corrected chi connectivity index (χ0v) is 28.8. The Kier molecular flexibility index (Phi) is 7.43. The van der Waals surface area contributed by atoms with Crippen LogP contribution in [0.5, 0.6) is 0 Å². The van der Waals surface area contributed by atoms with Gasteiger partial charge in [-0.15, -0.1) is 0 Å². The number of aromatic nitrogens is 4. The van der Waals surface area contributed by atoms with Crippen LogP contribution in [0.4, 0.5) is 0 Å². The molecule has 0 unspecified atom stereocenters. The van der Waals surface area contributed by atoms with Crippen LogP contribution in [0, 0.1) is 0 Å². The number of hydrogen-bond donors (Lipinski definition) is 0. The van der Waals surface area contributed by atoms with Gasteiger partial charge < -0.3 is 4.57 Å². The van der Waals surface area contributed by atoms with Crippen molar-refractivity contribution < 1.29 is 0 Å². The summed E-state index contributed by atoms with van der Waals surface area (Å²) in [6.07, 6.45) is 0. The van der Waals surface area contributed by atoms with Crippen LogP contribution >= 0.6 is 0 Å². The van der Waals surface area contributed by atoms with E-state index in [1.807, 2.05) is 30.3 Å². The summed E-state index contributed by atoms with van der Waals surface area (Å²) >= 11 is 0. The first-order valence-corrected chi connectivity index (χ1v) is 17.9. The van der Waals surface area contributed by atoms with E-state index in [0.29, 0.717) is 17.5 Å². The third kappa shape index (κ3) is 5.54. The van der Waals surface area contributed by atoms with Crippen LogP contribution in [-0.2, 0) is 0 Å². The third-order valence-corrected chi connectivity index (χ3v) is 10.1. The highest BCUT2D eigenvalue weighted by Crippen LogP contribution is 2.38. The molecule has 0 spiro atoms. The van der Waals surface area contributed by atoms with Gasteiger partial charge in [0.1, 0.15) is 0 Å². The second kappa shape index (κ2) is 12.9. The molecular formula is C49H32N4. The number of nitrogens with zero attached hydrogens (tertiary/aromatic N) is 4. The molecule has 0 radical (unpaired) electrons. The Morgan fingerprint density at radius 1 is 0.302 bits per heavy atom. The van der Waals surface area contributed by atoms with E-state index >= 15 is 0 Å². The minimum absolute atomic E-state index is 0.620. The number of hydrogen-bond acceptors (Lipinski definition) is 3. The second-order valence-electron chi connectivity index (χ2n) is 13.3. The van der Waals surface area contributed by atoms with Gasteiger partial charge in [0.25, 0.3) is 0 Å². The molecule has 0 bridgehead atoms. The number of rotatable bonds is 6. The minimum atomic E-state index is 0.620. The van der Waals surface area contributed by atoms with Crippen molar-refractivity contribution in [3.05, 3.63) is 194 Å². The average molecular weight is 677 g/mol. The lowest BCUT2D eigenvalue weighted by molar-refractivity contribution is 1.07. The zero-order valence-electron chi connectivity index (χ0n) is 28.8. The van der Waals surface area contributed by atoms with E-state index in [4.69, 9.17) is 15.0 Å². The summed E-state index contributed by atoms with van der Waals surface area (Å²) in [7, 11) is 0. The molecule has 2 heterocycles. The predicted octanol–water partition coefficient (Wildman–Crippen LogP) is 12.5. The minimum Gasteiger partial charge on any atom is -0.309 e. The maximum absolute atomic E-state index is 5.16. The molecule has 10 rings (SSSR count). The Labute approximate surface area is 307 Å². The normalized spacial score (nSPS) is 11.4. The summed E-state index contributed by atoms with van der Waals surface area (Å²) in [5.74, 6) is 1.88. The van der Waals surface area contributed by atoms with E-state index < -0.39 is 0 Å². The second-order valence-corrected chi connectivity index (χ2v) is 13.3. The van der Waals surface area contributed by atoms with Crippen molar-refractivity contribution in [3.8, 4) is 62.1 Å².